The van der Waals surface area contributed by atoms with Crippen molar-refractivity contribution in [3.05, 3.63) is 0 Å². The van der Waals surface area contributed by atoms with Crippen LogP contribution < -0.4 is 5.32 Å². The first-order valence-electron chi connectivity index (χ1n) is 9.62. The molecule has 0 aromatic rings. The zero-order valence-electron chi connectivity index (χ0n) is 16.1. The van der Waals surface area contributed by atoms with Gasteiger partial charge in [0.2, 0.25) is 0 Å². The van der Waals surface area contributed by atoms with Crippen molar-refractivity contribution < 1.29 is 4.74 Å². The Labute approximate surface area is 139 Å². The van der Waals surface area contributed by atoms with Gasteiger partial charge in [-0.15, -0.1) is 0 Å². The predicted octanol–water partition coefficient (Wildman–Crippen LogP) is 5.84. The highest BCUT2D eigenvalue weighted by molar-refractivity contribution is 4.79. The lowest BCUT2D eigenvalue weighted by atomic mass is 9.91. The number of hydrogen-bond acceptors (Lipinski definition) is 2. The summed E-state index contributed by atoms with van der Waals surface area (Å²) < 4.78 is 5.62. The van der Waals surface area contributed by atoms with Gasteiger partial charge in [0.1, 0.15) is 0 Å². The monoisotopic (exact) mass is 311 g/mol. The summed E-state index contributed by atoms with van der Waals surface area (Å²) in [6.45, 7) is 12.4. The van der Waals surface area contributed by atoms with Crippen molar-refractivity contribution in [3.63, 3.8) is 0 Å². The second-order valence-corrected chi connectivity index (χ2v) is 9.16. The van der Waals surface area contributed by atoms with Crippen LogP contribution in [0.3, 0.4) is 0 Å². The normalized spacial score (nSPS) is 22.1. The highest BCUT2D eigenvalue weighted by Gasteiger charge is 2.20. The van der Waals surface area contributed by atoms with E-state index in [9.17, 15) is 0 Å². The molecule has 0 aromatic heterocycles. The molecule has 22 heavy (non-hydrogen) atoms. The predicted molar refractivity (Wildman–Crippen MR) is 97.5 cm³/mol. The van der Waals surface area contributed by atoms with E-state index < -0.39 is 0 Å². The Morgan fingerprint density at radius 3 is 1.14 bits per heavy atom. The number of hydrogen-bond donors (Lipinski definition) is 1. The van der Waals surface area contributed by atoms with Crippen LogP contribution in [-0.4, -0.2) is 23.3 Å². The summed E-state index contributed by atoms with van der Waals surface area (Å²) in [7, 11) is 0. The summed E-state index contributed by atoms with van der Waals surface area (Å²) in [5, 5.41) is 3.86. The minimum Gasteiger partial charge on any atom is -0.370 e. The van der Waals surface area contributed by atoms with Crippen LogP contribution in [0.1, 0.15) is 106 Å². The zero-order chi connectivity index (χ0) is 16.6. The average Bonchev–Trinajstić information content (AvgIpc) is 2.37. The molecular weight excluding hydrogens is 270 g/mol. The molecule has 0 saturated heterocycles. The molecule has 0 atom stereocenters. The first kappa shape index (κ1) is 20.0. The van der Waals surface area contributed by atoms with Gasteiger partial charge >= 0.3 is 0 Å². The number of ether oxygens (including phenoxy) is 1. The van der Waals surface area contributed by atoms with E-state index in [2.05, 4.69) is 46.9 Å². The molecule has 2 nitrogen and oxygen atoms in total. The molecule has 2 heteroatoms. The van der Waals surface area contributed by atoms with Gasteiger partial charge in [0.15, 0.2) is 0 Å². The van der Waals surface area contributed by atoms with Gasteiger partial charge in [-0.3, -0.25) is 0 Å². The van der Waals surface area contributed by atoms with Gasteiger partial charge in [-0.1, -0.05) is 38.5 Å². The molecule has 2 rings (SSSR count). The lowest BCUT2D eigenvalue weighted by molar-refractivity contribution is -0.102. The second-order valence-electron chi connectivity index (χ2n) is 9.16. The SMILES string of the molecule is C1CCC(NC2CCCCC2)CC1.CC(C)(C)OC(C)(C)C. The summed E-state index contributed by atoms with van der Waals surface area (Å²) in [5.41, 5.74) is -0.0312. The topological polar surface area (TPSA) is 21.3 Å². The molecule has 132 valence electrons. The summed E-state index contributed by atoms with van der Waals surface area (Å²) in [5.74, 6) is 0. The van der Waals surface area contributed by atoms with Crippen LogP contribution in [0.5, 0.6) is 0 Å². The van der Waals surface area contributed by atoms with Gasteiger partial charge in [0, 0.05) is 12.1 Å². The molecule has 0 spiro atoms. The van der Waals surface area contributed by atoms with E-state index in [1.807, 2.05) is 0 Å². The Balaban J connectivity index is 0.000000239. The Kier molecular flexibility index (Phi) is 8.42. The van der Waals surface area contributed by atoms with Crippen LogP contribution >= 0.6 is 0 Å². The maximum atomic E-state index is 5.62. The Bertz CT molecular complexity index is 247. The van der Waals surface area contributed by atoms with Crippen LogP contribution in [0.4, 0.5) is 0 Å². The molecular formula is C20H41NO. The van der Waals surface area contributed by atoms with Crippen LogP contribution in [0.25, 0.3) is 0 Å². The lowest BCUT2D eigenvalue weighted by Gasteiger charge is -2.30. The highest BCUT2D eigenvalue weighted by Crippen LogP contribution is 2.22. The molecule has 2 aliphatic carbocycles. The average molecular weight is 312 g/mol. The Morgan fingerprint density at radius 1 is 0.591 bits per heavy atom. The van der Waals surface area contributed by atoms with Crippen LogP contribution in [0, 0.1) is 0 Å². The molecule has 0 aromatic carbocycles. The summed E-state index contributed by atoms with van der Waals surface area (Å²) in [4.78, 5) is 0. The fourth-order valence-corrected chi connectivity index (χ4v) is 3.79. The summed E-state index contributed by atoms with van der Waals surface area (Å²) in [6.07, 6.45) is 14.6. The van der Waals surface area contributed by atoms with Crippen molar-refractivity contribution in [1.82, 2.24) is 5.32 Å². The zero-order valence-corrected chi connectivity index (χ0v) is 16.1. The standard InChI is InChI=1S/C12H23N.C8H18O/c1-3-7-11(8-4-1)13-12-9-5-2-6-10-12;1-7(2,3)9-8(4,5)6/h11-13H,1-10H2;1-6H3. The highest BCUT2D eigenvalue weighted by atomic mass is 16.5. The molecule has 0 bridgehead atoms. The van der Waals surface area contributed by atoms with E-state index >= 15 is 0 Å². The number of nitrogens with one attached hydrogen (secondary N) is 1. The third kappa shape index (κ3) is 10.6. The third-order valence-electron chi connectivity index (χ3n) is 4.29. The van der Waals surface area contributed by atoms with Gasteiger partial charge < -0.3 is 10.1 Å². The van der Waals surface area contributed by atoms with Crippen molar-refractivity contribution >= 4 is 0 Å². The largest absolute Gasteiger partial charge is 0.370 e. The van der Waals surface area contributed by atoms with Crippen molar-refractivity contribution in [2.75, 3.05) is 0 Å². The summed E-state index contributed by atoms with van der Waals surface area (Å²) in [6, 6.07) is 1.74. The molecule has 2 fully saturated rings. The lowest BCUT2D eigenvalue weighted by Crippen LogP contribution is -2.40. The van der Waals surface area contributed by atoms with E-state index in [1.54, 1.807) is 0 Å². The van der Waals surface area contributed by atoms with Gasteiger partial charge in [-0.25, -0.2) is 0 Å². The fourth-order valence-electron chi connectivity index (χ4n) is 3.79. The smallest absolute Gasteiger partial charge is 0.0605 e. The molecule has 2 saturated carbocycles. The molecule has 0 radical (unpaired) electrons. The molecule has 0 heterocycles. The summed E-state index contributed by atoms with van der Waals surface area (Å²) >= 11 is 0. The number of rotatable bonds is 2. The third-order valence-corrected chi connectivity index (χ3v) is 4.29. The van der Waals surface area contributed by atoms with Crippen LogP contribution in [0.15, 0.2) is 0 Å². The van der Waals surface area contributed by atoms with E-state index in [1.165, 1.54) is 64.2 Å². The van der Waals surface area contributed by atoms with E-state index in [0.29, 0.717) is 0 Å². The van der Waals surface area contributed by atoms with Crippen LogP contribution in [0.2, 0.25) is 0 Å². The minimum absolute atomic E-state index is 0.0156. The maximum Gasteiger partial charge on any atom is 0.0605 e. The molecule has 0 aliphatic heterocycles. The molecule has 0 unspecified atom stereocenters. The van der Waals surface area contributed by atoms with Crippen LogP contribution in [-0.2, 0) is 4.74 Å². The van der Waals surface area contributed by atoms with Gasteiger partial charge in [0.25, 0.3) is 0 Å². The first-order chi connectivity index (χ1) is 10.2. The van der Waals surface area contributed by atoms with Crippen molar-refractivity contribution in [2.24, 2.45) is 0 Å². The van der Waals surface area contributed by atoms with Gasteiger partial charge in [0.05, 0.1) is 11.2 Å². The van der Waals surface area contributed by atoms with E-state index in [0.717, 1.165) is 12.1 Å². The quantitative estimate of drug-likeness (QED) is 0.691. The van der Waals surface area contributed by atoms with Crippen molar-refractivity contribution in [2.45, 2.75) is 129 Å². The van der Waals surface area contributed by atoms with E-state index in [-0.39, 0.29) is 11.2 Å². The first-order valence-corrected chi connectivity index (χ1v) is 9.62. The molecule has 0 amide bonds. The van der Waals surface area contributed by atoms with Crippen molar-refractivity contribution in [3.8, 4) is 0 Å². The Morgan fingerprint density at radius 2 is 0.909 bits per heavy atom. The molecule has 1 N–H and O–H groups in total. The fraction of sp³-hybridized carbons (Fsp3) is 1.00. The van der Waals surface area contributed by atoms with Crippen molar-refractivity contribution in [1.29, 1.82) is 0 Å². The van der Waals surface area contributed by atoms with Gasteiger partial charge in [-0.2, -0.15) is 0 Å². The minimum atomic E-state index is -0.0156. The van der Waals surface area contributed by atoms with E-state index in [4.69, 9.17) is 4.74 Å². The molecule has 2 aliphatic rings. The Hall–Kier alpha value is -0.0800. The van der Waals surface area contributed by atoms with Gasteiger partial charge in [-0.05, 0) is 67.2 Å². The second kappa shape index (κ2) is 9.27. The maximum absolute atomic E-state index is 5.62.